The smallest absolute Gasteiger partial charge is 0 e. The van der Waals surface area contributed by atoms with Crippen LogP contribution in [0, 0.1) is 13.0 Å². The van der Waals surface area contributed by atoms with Crippen molar-refractivity contribution in [3.63, 3.8) is 0 Å². The van der Waals surface area contributed by atoms with E-state index in [0.717, 1.165) is 6.42 Å². The molecule has 0 amide bonds. The van der Waals surface area contributed by atoms with Crippen molar-refractivity contribution < 1.29 is 21.7 Å². The average Bonchev–Trinajstić information content (AvgIpc) is 2.62. The van der Waals surface area contributed by atoms with Crippen molar-refractivity contribution in [2.45, 2.75) is 13.3 Å². The zero-order valence-corrected chi connectivity index (χ0v) is 9.39. The van der Waals surface area contributed by atoms with E-state index in [0.29, 0.717) is 0 Å². The molecular formula is C12H13Ti-. The van der Waals surface area contributed by atoms with E-state index in [1.54, 1.807) is 0 Å². The molecule has 0 aromatic heterocycles. The Labute approximate surface area is 95.2 Å². The second kappa shape index (κ2) is 8.03. The summed E-state index contributed by atoms with van der Waals surface area (Å²) in [6.07, 6.45) is 10.0. The van der Waals surface area contributed by atoms with Gasteiger partial charge in [0.25, 0.3) is 0 Å². The van der Waals surface area contributed by atoms with Gasteiger partial charge in [-0.2, -0.15) is 6.08 Å². The molecule has 0 radical (unpaired) electrons. The summed E-state index contributed by atoms with van der Waals surface area (Å²) in [5, 5.41) is 0. The fourth-order valence-corrected chi connectivity index (χ4v) is 0.875. The minimum absolute atomic E-state index is 0. The maximum atomic E-state index is 2.99. The van der Waals surface area contributed by atoms with Crippen molar-refractivity contribution in [1.29, 1.82) is 0 Å². The van der Waals surface area contributed by atoms with E-state index < -0.39 is 0 Å². The van der Waals surface area contributed by atoms with E-state index in [9.17, 15) is 0 Å². The van der Waals surface area contributed by atoms with Crippen LogP contribution in [-0.2, 0) is 21.7 Å². The van der Waals surface area contributed by atoms with Gasteiger partial charge < -0.3 is 0 Å². The van der Waals surface area contributed by atoms with Gasteiger partial charge in [-0.3, -0.25) is 6.08 Å². The largest absolute Gasteiger partial charge is 0.273 e. The first-order valence-electron chi connectivity index (χ1n) is 4.13. The molecule has 0 saturated heterocycles. The van der Waals surface area contributed by atoms with Crippen LogP contribution in [0.3, 0.4) is 0 Å². The van der Waals surface area contributed by atoms with E-state index in [1.807, 2.05) is 30.4 Å². The molecule has 1 heteroatoms. The topological polar surface area (TPSA) is 0 Å². The summed E-state index contributed by atoms with van der Waals surface area (Å²) in [4.78, 5) is 0. The molecule has 0 nitrogen and oxygen atoms in total. The molecule has 0 spiro atoms. The van der Waals surface area contributed by atoms with Crippen LogP contribution in [0.4, 0.5) is 0 Å². The third-order valence-corrected chi connectivity index (χ3v) is 1.53. The van der Waals surface area contributed by atoms with Gasteiger partial charge in [-0.05, 0) is 6.92 Å². The molecule has 2 rings (SSSR count). The summed E-state index contributed by atoms with van der Waals surface area (Å²) < 4.78 is 0. The van der Waals surface area contributed by atoms with Crippen molar-refractivity contribution in [3.05, 3.63) is 60.2 Å². The summed E-state index contributed by atoms with van der Waals surface area (Å²) in [6, 6.07) is 10.3. The van der Waals surface area contributed by atoms with Gasteiger partial charge in [-0.25, -0.2) is 12.2 Å². The number of hydrogen-bond donors (Lipinski definition) is 0. The van der Waals surface area contributed by atoms with Gasteiger partial charge in [0.15, 0.2) is 0 Å². The van der Waals surface area contributed by atoms with Crippen LogP contribution in [0.25, 0.3) is 0 Å². The first kappa shape index (κ1) is 12.4. The number of hydrogen-bond acceptors (Lipinski definition) is 0. The summed E-state index contributed by atoms with van der Waals surface area (Å²) >= 11 is 0. The molecule has 0 saturated carbocycles. The Kier molecular flexibility index (Phi) is 7.67. The Morgan fingerprint density at radius 1 is 1.15 bits per heavy atom. The van der Waals surface area contributed by atoms with Gasteiger partial charge in [-0.15, -0.1) is 6.42 Å². The van der Waals surface area contributed by atoms with Gasteiger partial charge >= 0.3 is 0 Å². The molecule has 0 N–H and O–H groups in total. The second-order valence-corrected chi connectivity index (χ2v) is 2.66. The predicted octanol–water partition coefficient (Wildman–Crippen LogP) is 3.30. The maximum absolute atomic E-state index is 2.99. The minimum Gasteiger partial charge on any atom is -0.273 e. The van der Waals surface area contributed by atoms with Gasteiger partial charge in [-0.1, -0.05) is 35.9 Å². The van der Waals surface area contributed by atoms with Crippen molar-refractivity contribution >= 4 is 0 Å². The Balaban J connectivity index is 0.000000215. The summed E-state index contributed by atoms with van der Waals surface area (Å²) in [7, 11) is 0. The van der Waals surface area contributed by atoms with E-state index in [-0.39, 0.29) is 21.7 Å². The second-order valence-electron chi connectivity index (χ2n) is 2.66. The summed E-state index contributed by atoms with van der Waals surface area (Å²) in [6.45, 7) is 2.08. The maximum Gasteiger partial charge on any atom is 0 e. The van der Waals surface area contributed by atoms with Gasteiger partial charge in [0.05, 0.1) is 0 Å². The van der Waals surface area contributed by atoms with Crippen molar-refractivity contribution in [2.24, 2.45) is 0 Å². The molecule has 66 valence electrons. The number of aryl methyl sites for hydroxylation is 1. The first-order chi connectivity index (χ1) is 5.89. The number of benzene rings is 1. The average molecular weight is 205 g/mol. The van der Waals surface area contributed by atoms with Gasteiger partial charge in [0, 0.05) is 21.7 Å². The Hall–Kier alpha value is -0.586. The Morgan fingerprint density at radius 2 is 1.85 bits per heavy atom. The fourth-order valence-electron chi connectivity index (χ4n) is 0.875. The molecule has 0 fully saturated rings. The van der Waals surface area contributed by atoms with Crippen LogP contribution in [0.5, 0.6) is 0 Å². The van der Waals surface area contributed by atoms with Gasteiger partial charge in [0.2, 0.25) is 0 Å². The normalized spacial score (nSPS) is 11.5. The Morgan fingerprint density at radius 3 is 2.08 bits per heavy atom. The van der Waals surface area contributed by atoms with E-state index in [1.165, 1.54) is 5.56 Å². The molecule has 0 aliphatic heterocycles. The first-order valence-corrected chi connectivity index (χ1v) is 4.13. The fraction of sp³-hybridized carbons (Fsp3) is 0.167. The molecule has 0 heterocycles. The zero-order valence-electron chi connectivity index (χ0n) is 7.83. The van der Waals surface area contributed by atoms with Crippen molar-refractivity contribution in [1.82, 2.24) is 0 Å². The van der Waals surface area contributed by atoms with Crippen LogP contribution in [0.15, 0.2) is 48.6 Å². The molecule has 1 aromatic rings. The van der Waals surface area contributed by atoms with Crippen LogP contribution in [0.1, 0.15) is 12.0 Å². The number of rotatable bonds is 0. The number of allylic oxidation sites excluding steroid dienone is 4. The molecule has 1 aliphatic rings. The predicted molar refractivity (Wildman–Crippen MR) is 52.7 cm³/mol. The molecule has 0 bridgehead atoms. The van der Waals surface area contributed by atoms with Crippen LogP contribution >= 0.6 is 0 Å². The zero-order chi connectivity index (χ0) is 8.65. The molecule has 0 unspecified atom stereocenters. The summed E-state index contributed by atoms with van der Waals surface area (Å²) in [5.74, 6) is 0. The van der Waals surface area contributed by atoms with Gasteiger partial charge in [0.1, 0.15) is 0 Å². The summed E-state index contributed by atoms with van der Waals surface area (Å²) in [5.41, 5.74) is 1.32. The van der Waals surface area contributed by atoms with E-state index in [4.69, 9.17) is 0 Å². The molecule has 13 heavy (non-hydrogen) atoms. The van der Waals surface area contributed by atoms with Crippen LogP contribution in [0.2, 0.25) is 0 Å². The quantitative estimate of drug-likeness (QED) is 0.450. The molecule has 1 aliphatic carbocycles. The molecular weight excluding hydrogens is 192 g/mol. The standard InChI is InChI=1S/C7H8.C5H5.Ti/c1-7-5-3-2-4-6-7;1-2-4-5-3-1;/h2-6H,1H3;1-3H,4H2;/q;-1;. The van der Waals surface area contributed by atoms with Crippen molar-refractivity contribution in [3.8, 4) is 0 Å². The van der Waals surface area contributed by atoms with Crippen LogP contribution < -0.4 is 0 Å². The third-order valence-electron chi connectivity index (χ3n) is 1.53. The molecule has 1 aromatic carbocycles. The van der Waals surface area contributed by atoms with Crippen molar-refractivity contribution in [2.75, 3.05) is 0 Å². The van der Waals surface area contributed by atoms with E-state index in [2.05, 4.69) is 31.2 Å². The molecule has 0 atom stereocenters. The van der Waals surface area contributed by atoms with E-state index >= 15 is 0 Å². The van der Waals surface area contributed by atoms with Crippen LogP contribution in [-0.4, -0.2) is 0 Å². The third kappa shape index (κ3) is 6.56. The monoisotopic (exact) mass is 205 g/mol. The Bertz CT molecular complexity index is 250. The SMILES string of the molecule is Cc1ccccc1.[C-]1=CC=CC1.[Ti]. The minimum atomic E-state index is 0.